The zero-order valence-corrected chi connectivity index (χ0v) is 12.0. The van der Waals surface area contributed by atoms with Crippen LogP contribution in [0.5, 0.6) is 0 Å². The number of nitrogens with zero attached hydrogens (tertiary/aromatic N) is 1. The van der Waals surface area contributed by atoms with E-state index in [-0.39, 0.29) is 17.5 Å². The molecule has 2 amide bonds. The number of anilines is 1. The molecule has 21 heavy (non-hydrogen) atoms. The average Bonchev–Trinajstić information content (AvgIpc) is 2.76. The van der Waals surface area contributed by atoms with Gasteiger partial charge >= 0.3 is 5.97 Å². The molecular weight excluding hydrogens is 294 g/mol. The predicted octanol–water partition coefficient (Wildman–Crippen LogP) is 0.758. The summed E-state index contributed by atoms with van der Waals surface area (Å²) in [4.78, 5) is 38.1. The highest BCUT2D eigenvalue weighted by molar-refractivity contribution is 8.15. The minimum absolute atomic E-state index is 0.00749. The Morgan fingerprint density at radius 3 is 2.57 bits per heavy atom. The number of aliphatic imine (C=N–C) groups is 1. The summed E-state index contributed by atoms with van der Waals surface area (Å²) in [6.07, 6.45) is -0.00749. The van der Waals surface area contributed by atoms with Gasteiger partial charge in [0.25, 0.3) is 5.91 Å². The zero-order valence-electron chi connectivity index (χ0n) is 11.2. The lowest BCUT2D eigenvalue weighted by Crippen LogP contribution is -2.21. The zero-order chi connectivity index (χ0) is 15.4. The Balaban J connectivity index is 1.91. The van der Waals surface area contributed by atoms with Crippen molar-refractivity contribution in [3.05, 3.63) is 29.8 Å². The van der Waals surface area contributed by atoms with E-state index in [4.69, 9.17) is 5.73 Å². The summed E-state index contributed by atoms with van der Waals surface area (Å²) in [6.45, 7) is 0. The third-order valence-corrected chi connectivity index (χ3v) is 3.70. The normalized spacial score (nSPS) is 17.3. The van der Waals surface area contributed by atoms with Gasteiger partial charge in [0.2, 0.25) is 5.91 Å². The van der Waals surface area contributed by atoms with Crippen molar-refractivity contribution in [3.8, 4) is 0 Å². The molecule has 0 saturated heterocycles. The molecule has 3 N–H and O–H groups in total. The van der Waals surface area contributed by atoms with Gasteiger partial charge < -0.3 is 15.8 Å². The Hall–Kier alpha value is -2.35. The molecule has 8 heteroatoms. The van der Waals surface area contributed by atoms with Crippen LogP contribution >= 0.6 is 11.8 Å². The number of thioether (sulfide) groups is 1. The highest BCUT2D eigenvalue weighted by Crippen LogP contribution is 2.23. The van der Waals surface area contributed by atoms with Crippen LogP contribution < -0.4 is 11.1 Å². The van der Waals surface area contributed by atoms with Crippen molar-refractivity contribution in [1.82, 2.24) is 0 Å². The molecular formula is C13H13N3O4S. The van der Waals surface area contributed by atoms with Gasteiger partial charge in [0.15, 0.2) is 5.17 Å². The lowest BCUT2D eigenvalue weighted by atomic mass is 10.2. The predicted molar refractivity (Wildman–Crippen MR) is 79.0 cm³/mol. The molecule has 0 aromatic heterocycles. The van der Waals surface area contributed by atoms with Gasteiger partial charge in [-0.1, -0.05) is 11.8 Å². The second-order valence-corrected chi connectivity index (χ2v) is 5.44. The first-order valence-electron chi connectivity index (χ1n) is 6.02. The second kappa shape index (κ2) is 6.40. The quantitative estimate of drug-likeness (QED) is 0.794. The summed E-state index contributed by atoms with van der Waals surface area (Å²) in [7, 11) is 1.29. The molecule has 1 aromatic carbocycles. The number of nitrogens with two attached hydrogens (primary N) is 1. The summed E-state index contributed by atoms with van der Waals surface area (Å²) in [5.41, 5.74) is 6.33. The Morgan fingerprint density at radius 2 is 2.05 bits per heavy atom. The Kier molecular flexibility index (Phi) is 4.59. The van der Waals surface area contributed by atoms with Gasteiger partial charge in [-0.3, -0.25) is 9.59 Å². The van der Waals surface area contributed by atoms with E-state index in [0.717, 1.165) is 11.8 Å². The molecule has 1 aliphatic heterocycles. The molecule has 0 radical (unpaired) electrons. The first kappa shape index (κ1) is 15.0. The van der Waals surface area contributed by atoms with Gasteiger partial charge in [-0.05, 0) is 24.3 Å². The van der Waals surface area contributed by atoms with E-state index in [1.165, 1.54) is 19.2 Å². The van der Waals surface area contributed by atoms with Crippen LogP contribution in [0.3, 0.4) is 0 Å². The maximum absolute atomic E-state index is 11.8. The Morgan fingerprint density at radius 1 is 1.38 bits per heavy atom. The molecule has 110 valence electrons. The number of ether oxygens (including phenoxy) is 1. The van der Waals surface area contributed by atoms with Crippen molar-refractivity contribution in [3.63, 3.8) is 0 Å². The van der Waals surface area contributed by atoms with Crippen molar-refractivity contribution in [1.29, 1.82) is 0 Å². The van der Waals surface area contributed by atoms with E-state index >= 15 is 0 Å². The highest BCUT2D eigenvalue weighted by atomic mass is 32.2. The highest BCUT2D eigenvalue weighted by Gasteiger charge is 2.29. The minimum Gasteiger partial charge on any atom is -0.465 e. The first-order chi connectivity index (χ1) is 9.99. The van der Waals surface area contributed by atoms with Gasteiger partial charge in [0.05, 0.1) is 12.7 Å². The number of carbonyl (C=O) groups is 3. The Bertz CT molecular complexity index is 612. The topological polar surface area (TPSA) is 111 Å². The van der Waals surface area contributed by atoms with Gasteiger partial charge in [-0.25, -0.2) is 4.79 Å². The van der Waals surface area contributed by atoms with Crippen LogP contribution in [0.2, 0.25) is 0 Å². The summed E-state index contributed by atoms with van der Waals surface area (Å²) >= 11 is 1.08. The summed E-state index contributed by atoms with van der Waals surface area (Å²) in [5, 5.41) is 2.25. The van der Waals surface area contributed by atoms with Gasteiger partial charge in [0, 0.05) is 12.1 Å². The summed E-state index contributed by atoms with van der Waals surface area (Å²) in [6, 6.07) is 6.24. The van der Waals surface area contributed by atoms with Crippen molar-refractivity contribution in [2.75, 3.05) is 12.4 Å². The monoisotopic (exact) mass is 307 g/mol. The third kappa shape index (κ3) is 3.82. The van der Waals surface area contributed by atoms with E-state index in [9.17, 15) is 14.4 Å². The molecule has 2 rings (SSSR count). The fourth-order valence-corrected chi connectivity index (χ4v) is 2.54. The lowest BCUT2D eigenvalue weighted by Gasteiger charge is -2.08. The van der Waals surface area contributed by atoms with E-state index in [1.807, 2.05) is 0 Å². The summed E-state index contributed by atoms with van der Waals surface area (Å²) < 4.78 is 4.58. The smallest absolute Gasteiger partial charge is 0.337 e. The van der Waals surface area contributed by atoms with Crippen molar-refractivity contribution in [2.24, 2.45) is 10.7 Å². The van der Waals surface area contributed by atoms with E-state index in [2.05, 4.69) is 15.0 Å². The van der Waals surface area contributed by atoms with E-state index in [1.54, 1.807) is 12.1 Å². The lowest BCUT2D eigenvalue weighted by molar-refractivity contribution is -0.121. The van der Waals surface area contributed by atoms with Gasteiger partial charge in [0.1, 0.15) is 5.25 Å². The van der Waals surface area contributed by atoms with E-state index in [0.29, 0.717) is 11.3 Å². The fraction of sp³-hybridized carbons (Fsp3) is 0.231. The Labute approximate surface area is 124 Å². The first-order valence-corrected chi connectivity index (χ1v) is 6.90. The van der Waals surface area contributed by atoms with Crippen LogP contribution in [-0.4, -0.2) is 35.3 Å². The summed E-state index contributed by atoms with van der Waals surface area (Å²) in [5.74, 6) is -1.17. The van der Waals surface area contributed by atoms with Gasteiger partial charge in [-0.15, -0.1) is 0 Å². The van der Waals surface area contributed by atoms with Crippen molar-refractivity contribution >= 4 is 40.4 Å². The number of carbonyl (C=O) groups excluding carboxylic acids is 3. The maximum Gasteiger partial charge on any atom is 0.337 e. The number of nitrogens with one attached hydrogen (secondary N) is 1. The van der Waals surface area contributed by atoms with Crippen molar-refractivity contribution < 1.29 is 19.1 Å². The number of esters is 1. The van der Waals surface area contributed by atoms with Gasteiger partial charge in [-0.2, -0.15) is 4.99 Å². The molecule has 0 fully saturated rings. The molecule has 0 unspecified atom stereocenters. The maximum atomic E-state index is 11.8. The van der Waals surface area contributed by atoms with E-state index < -0.39 is 17.1 Å². The number of hydrogen-bond acceptors (Lipinski definition) is 6. The number of rotatable bonds is 4. The number of hydrogen-bond donors (Lipinski definition) is 2. The molecule has 1 aliphatic rings. The molecule has 1 aromatic rings. The molecule has 1 heterocycles. The minimum atomic E-state index is -0.570. The standard InChI is InChI=1S/C13H13N3O4S/c1-20-12(19)7-2-4-8(5-3-7)15-10(17)6-9-11(18)16-13(14)21-9/h2-5,9H,6H2,1H3,(H,15,17)(H2,14,16,18)/t9-/m0/s1. The largest absolute Gasteiger partial charge is 0.465 e. The molecule has 1 atom stereocenters. The van der Waals surface area contributed by atoms with Crippen LogP contribution in [0.4, 0.5) is 5.69 Å². The van der Waals surface area contributed by atoms with Crippen LogP contribution in [-0.2, 0) is 14.3 Å². The van der Waals surface area contributed by atoms with Crippen LogP contribution in [0.15, 0.2) is 29.3 Å². The number of methoxy groups -OCH3 is 1. The fourth-order valence-electron chi connectivity index (χ4n) is 1.72. The SMILES string of the molecule is COC(=O)c1ccc(NC(=O)C[C@@H]2SC(N)=NC2=O)cc1. The van der Waals surface area contributed by atoms with Crippen LogP contribution in [0.1, 0.15) is 16.8 Å². The third-order valence-electron chi connectivity index (χ3n) is 2.72. The molecule has 0 saturated carbocycles. The number of amides is 2. The molecule has 0 spiro atoms. The van der Waals surface area contributed by atoms with Crippen LogP contribution in [0, 0.1) is 0 Å². The van der Waals surface area contributed by atoms with Crippen LogP contribution in [0.25, 0.3) is 0 Å². The number of benzene rings is 1. The molecule has 0 bridgehead atoms. The second-order valence-electron chi connectivity index (χ2n) is 4.22. The molecule has 0 aliphatic carbocycles. The van der Waals surface area contributed by atoms with Crippen molar-refractivity contribution in [2.45, 2.75) is 11.7 Å². The average molecular weight is 307 g/mol. The number of amidine groups is 1. The molecule has 7 nitrogen and oxygen atoms in total.